The van der Waals surface area contributed by atoms with Crippen LogP contribution in [0.15, 0.2) is 48.6 Å². The van der Waals surface area contributed by atoms with Crippen molar-refractivity contribution < 1.29 is 9.90 Å². The van der Waals surface area contributed by atoms with E-state index in [0.717, 1.165) is 12.8 Å². The number of aliphatic carboxylic acids is 1. The van der Waals surface area contributed by atoms with Crippen LogP contribution in [0.25, 0.3) is 0 Å². The normalized spacial score (nSPS) is 17.5. The largest absolute Gasteiger partial charge is 0.481 e. The summed E-state index contributed by atoms with van der Waals surface area (Å²) in [5, 5.41) is 8.51. The van der Waals surface area contributed by atoms with Gasteiger partial charge in [-0.25, -0.2) is 0 Å². The first-order valence-corrected chi connectivity index (χ1v) is 6.10. The van der Waals surface area contributed by atoms with Crippen LogP contribution in [0, 0.1) is 11.8 Å². The Balaban J connectivity index is 2.30. The van der Waals surface area contributed by atoms with Crippen molar-refractivity contribution in [1.29, 1.82) is 0 Å². The first-order valence-electron chi connectivity index (χ1n) is 6.10. The number of hydrogen-bond donors (Lipinski definition) is 1. The zero-order valence-corrected chi connectivity index (χ0v) is 10.3. The third-order valence-corrected chi connectivity index (χ3v) is 2.81. The fraction of sp³-hybridized carbons (Fsp3) is 0.400. The van der Waals surface area contributed by atoms with Crippen molar-refractivity contribution >= 4 is 5.97 Å². The number of hydrogen-bond acceptors (Lipinski definition) is 1. The quantitative estimate of drug-likeness (QED) is 0.559. The third-order valence-electron chi connectivity index (χ3n) is 2.81. The standard InChI is InChI=1S/C15H20O2/c1-13(9-5-4-8-12-15(16)17)14-10-6-2-3-7-11-14/h2-3,5-7,9-11,13-14H,4,8,12H2,1H3,(H,16,17). The number of carboxylic acid groups (broad SMARTS) is 1. The van der Waals surface area contributed by atoms with E-state index in [1.54, 1.807) is 0 Å². The fourth-order valence-electron chi connectivity index (χ4n) is 1.74. The second kappa shape index (κ2) is 7.66. The Morgan fingerprint density at radius 1 is 1.29 bits per heavy atom. The molecule has 0 aromatic carbocycles. The van der Waals surface area contributed by atoms with Gasteiger partial charge in [-0.05, 0) is 18.8 Å². The van der Waals surface area contributed by atoms with Gasteiger partial charge in [0, 0.05) is 12.3 Å². The van der Waals surface area contributed by atoms with E-state index in [1.165, 1.54) is 0 Å². The Bertz CT molecular complexity index is 332. The first kappa shape index (κ1) is 13.5. The van der Waals surface area contributed by atoms with Crippen molar-refractivity contribution in [2.24, 2.45) is 11.8 Å². The fourth-order valence-corrected chi connectivity index (χ4v) is 1.74. The molecular formula is C15H20O2. The average Bonchev–Trinajstić information content (AvgIpc) is 2.56. The molecule has 0 fully saturated rings. The van der Waals surface area contributed by atoms with Gasteiger partial charge in [-0.15, -0.1) is 0 Å². The van der Waals surface area contributed by atoms with E-state index in [-0.39, 0.29) is 6.42 Å². The second-order valence-electron chi connectivity index (χ2n) is 4.31. The van der Waals surface area contributed by atoms with Crippen LogP contribution in [-0.4, -0.2) is 11.1 Å². The van der Waals surface area contributed by atoms with E-state index in [1.807, 2.05) is 12.2 Å². The molecule has 0 aliphatic heterocycles. The summed E-state index contributed by atoms with van der Waals surface area (Å²) < 4.78 is 0. The topological polar surface area (TPSA) is 37.3 Å². The van der Waals surface area contributed by atoms with Crippen LogP contribution in [0.2, 0.25) is 0 Å². The van der Waals surface area contributed by atoms with E-state index < -0.39 is 5.97 Å². The van der Waals surface area contributed by atoms with Crippen LogP contribution in [0.5, 0.6) is 0 Å². The minimum Gasteiger partial charge on any atom is -0.481 e. The van der Waals surface area contributed by atoms with E-state index in [4.69, 9.17) is 5.11 Å². The summed E-state index contributed by atoms with van der Waals surface area (Å²) in [4.78, 5) is 10.3. The van der Waals surface area contributed by atoms with Gasteiger partial charge in [0.1, 0.15) is 0 Å². The lowest BCUT2D eigenvalue weighted by Crippen LogP contribution is -2.03. The monoisotopic (exact) mass is 232 g/mol. The van der Waals surface area contributed by atoms with Gasteiger partial charge < -0.3 is 5.11 Å². The van der Waals surface area contributed by atoms with Crippen LogP contribution in [0.1, 0.15) is 26.2 Å². The average molecular weight is 232 g/mol. The predicted octanol–water partition coefficient (Wildman–Crippen LogP) is 3.73. The van der Waals surface area contributed by atoms with Gasteiger partial charge in [-0.3, -0.25) is 4.79 Å². The zero-order chi connectivity index (χ0) is 12.5. The third kappa shape index (κ3) is 5.91. The number of rotatable bonds is 6. The highest BCUT2D eigenvalue weighted by Crippen LogP contribution is 2.18. The summed E-state index contributed by atoms with van der Waals surface area (Å²) in [5.74, 6) is 0.167. The molecule has 0 spiro atoms. The molecule has 0 aromatic heterocycles. The SMILES string of the molecule is CC(C=CCCCC(=O)O)C1C=CC=CC=C1. The van der Waals surface area contributed by atoms with Crippen LogP contribution in [0.3, 0.4) is 0 Å². The minimum atomic E-state index is -0.716. The highest BCUT2D eigenvalue weighted by atomic mass is 16.4. The lowest BCUT2D eigenvalue weighted by Gasteiger charge is -2.12. The first-order chi connectivity index (χ1) is 8.20. The molecule has 1 N–H and O–H groups in total. The molecule has 92 valence electrons. The molecule has 1 unspecified atom stereocenters. The molecule has 2 heteroatoms. The maximum Gasteiger partial charge on any atom is 0.303 e. The van der Waals surface area contributed by atoms with E-state index in [2.05, 4.69) is 43.4 Å². The smallest absolute Gasteiger partial charge is 0.303 e. The molecule has 17 heavy (non-hydrogen) atoms. The van der Waals surface area contributed by atoms with Gasteiger partial charge in [0.25, 0.3) is 0 Å². The molecule has 2 nitrogen and oxygen atoms in total. The van der Waals surface area contributed by atoms with E-state index >= 15 is 0 Å². The highest BCUT2D eigenvalue weighted by Gasteiger charge is 2.07. The van der Waals surface area contributed by atoms with Crippen molar-refractivity contribution in [2.75, 3.05) is 0 Å². The Labute approximate surface area is 103 Å². The number of carboxylic acids is 1. The van der Waals surface area contributed by atoms with Crippen molar-refractivity contribution in [3.63, 3.8) is 0 Å². The number of allylic oxidation sites excluding steroid dienone is 8. The molecule has 1 rings (SSSR count). The molecular weight excluding hydrogens is 212 g/mol. The lowest BCUT2D eigenvalue weighted by molar-refractivity contribution is -0.137. The lowest BCUT2D eigenvalue weighted by atomic mass is 9.93. The molecule has 0 radical (unpaired) electrons. The molecule has 1 atom stereocenters. The number of unbranched alkanes of at least 4 members (excludes halogenated alkanes) is 1. The van der Waals surface area contributed by atoms with Gasteiger partial charge in [0.15, 0.2) is 0 Å². The van der Waals surface area contributed by atoms with E-state index in [9.17, 15) is 4.79 Å². The molecule has 0 heterocycles. The zero-order valence-electron chi connectivity index (χ0n) is 10.3. The summed E-state index contributed by atoms with van der Waals surface area (Å²) in [6.45, 7) is 2.18. The van der Waals surface area contributed by atoms with E-state index in [0.29, 0.717) is 11.8 Å². The van der Waals surface area contributed by atoms with Crippen molar-refractivity contribution in [3.8, 4) is 0 Å². The summed E-state index contributed by atoms with van der Waals surface area (Å²) in [7, 11) is 0. The van der Waals surface area contributed by atoms with Crippen molar-refractivity contribution in [1.82, 2.24) is 0 Å². The molecule has 0 saturated carbocycles. The van der Waals surface area contributed by atoms with Crippen LogP contribution in [0.4, 0.5) is 0 Å². The Morgan fingerprint density at radius 2 is 1.94 bits per heavy atom. The Kier molecular flexibility index (Phi) is 6.08. The molecule has 0 bridgehead atoms. The molecule has 0 amide bonds. The molecule has 1 aliphatic carbocycles. The molecule has 1 aliphatic rings. The summed E-state index contributed by atoms with van der Waals surface area (Å²) in [6, 6.07) is 0. The van der Waals surface area contributed by atoms with Gasteiger partial charge in [-0.1, -0.05) is 55.5 Å². The Morgan fingerprint density at radius 3 is 2.53 bits per heavy atom. The van der Waals surface area contributed by atoms with Gasteiger partial charge >= 0.3 is 5.97 Å². The maximum absolute atomic E-state index is 10.3. The Hall–Kier alpha value is -1.57. The van der Waals surface area contributed by atoms with Gasteiger partial charge in [-0.2, -0.15) is 0 Å². The second-order valence-corrected chi connectivity index (χ2v) is 4.31. The maximum atomic E-state index is 10.3. The van der Waals surface area contributed by atoms with Gasteiger partial charge in [0.05, 0.1) is 0 Å². The summed E-state index contributed by atoms with van der Waals surface area (Å²) in [5.41, 5.74) is 0. The highest BCUT2D eigenvalue weighted by molar-refractivity contribution is 5.66. The minimum absolute atomic E-state index is 0.256. The molecule has 0 saturated heterocycles. The number of carbonyl (C=O) groups is 1. The summed E-state index contributed by atoms with van der Waals surface area (Å²) >= 11 is 0. The van der Waals surface area contributed by atoms with Crippen LogP contribution in [-0.2, 0) is 4.79 Å². The van der Waals surface area contributed by atoms with Gasteiger partial charge in [0.2, 0.25) is 0 Å². The molecule has 0 aromatic rings. The van der Waals surface area contributed by atoms with Crippen LogP contribution < -0.4 is 0 Å². The van der Waals surface area contributed by atoms with Crippen molar-refractivity contribution in [3.05, 3.63) is 48.6 Å². The summed E-state index contributed by atoms with van der Waals surface area (Å²) in [6.07, 6.45) is 18.6. The van der Waals surface area contributed by atoms with Crippen molar-refractivity contribution in [2.45, 2.75) is 26.2 Å². The predicted molar refractivity (Wildman–Crippen MR) is 70.7 cm³/mol. The van der Waals surface area contributed by atoms with Crippen LogP contribution >= 0.6 is 0 Å².